The second-order valence-corrected chi connectivity index (χ2v) is 5.19. The van der Waals surface area contributed by atoms with Crippen LogP contribution in [0.25, 0.3) is 0 Å². The number of rotatable bonds is 2. The highest BCUT2D eigenvalue weighted by molar-refractivity contribution is 9.10. The average molecular weight is 298 g/mol. The van der Waals surface area contributed by atoms with Gasteiger partial charge in [0.1, 0.15) is 6.04 Å². The van der Waals surface area contributed by atoms with Crippen LogP contribution in [-0.2, 0) is 9.53 Å². The first-order chi connectivity index (χ1) is 8.20. The van der Waals surface area contributed by atoms with Gasteiger partial charge in [0.25, 0.3) is 0 Å². The number of halogens is 1. The molecule has 0 aromatic heterocycles. The fourth-order valence-electron chi connectivity index (χ4n) is 2.22. The third kappa shape index (κ3) is 3.07. The summed E-state index contributed by atoms with van der Waals surface area (Å²) in [4.78, 5) is 11.5. The number of piperidine rings is 1. The van der Waals surface area contributed by atoms with Gasteiger partial charge in [0.15, 0.2) is 0 Å². The minimum atomic E-state index is -0.164. The van der Waals surface area contributed by atoms with Crippen molar-refractivity contribution in [3.8, 4) is 0 Å². The first kappa shape index (κ1) is 12.6. The number of hydrogen-bond donors (Lipinski definition) is 1. The quantitative estimate of drug-likeness (QED) is 0.853. The monoisotopic (exact) mass is 297 g/mol. The Morgan fingerprint density at radius 2 is 2.06 bits per heavy atom. The van der Waals surface area contributed by atoms with Gasteiger partial charge in [-0.1, -0.05) is 28.1 Å². The van der Waals surface area contributed by atoms with E-state index in [4.69, 9.17) is 4.74 Å². The third-order valence-electron chi connectivity index (χ3n) is 3.15. The number of carbonyl (C=O) groups excluding carboxylic acids is 1. The van der Waals surface area contributed by atoms with Crippen LogP contribution in [-0.4, -0.2) is 19.1 Å². The van der Waals surface area contributed by atoms with Crippen LogP contribution in [0.2, 0.25) is 0 Å². The Morgan fingerprint density at radius 3 is 2.71 bits per heavy atom. The lowest BCUT2D eigenvalue weighted by Gasteiger charge is -2.29. The molecule has 17 heavy (non-hydrogen) atoms. The first-order valence-corrected chi connectivity index (χ1v) is 6.59. The molecule has 0 spiro atoms. The Morgan fingerprint density at radius 1 is 1.35 bits per heavy atom. The van der Waals surface area contributed by atoms with E-state index in [0.29, 0.717) is 0 Å². The van der Waals surface area contributed by atoms with E-state index in [-0.39, 0.29) is 18.1 Å². The van der Waals surface area contributed by atoms with Crippen LogP contribution in [0.4, 0.5) is 0 Å². The molecule has 1 aromatic carbocycles. The lowest BCUT2D eigenvalue weighted by molar-refractivity contribution is -0.144. The zero-order chi connectivity index (χ0) is 12.3. The SMILES string of the molecule is COC(=O)C1CCCC(c2ccc(Br)cc2)N1. The van der Waals surface area contributed by atoms with Crippen LogP contribution in [0.5, 0.6) is 0 Å². The normalized spacial score (nSPS) is 24.4. The molecule has 0 aliphatic carbocycles. The predicted molar refractivity (Wildman–Crippen MR) is 69.7 cm³/mol. The van der Waals surface area contributed by atoms with Crippen molar-refractivity contribution >= 4 is 21.9 Å². The Labute approximate surface area is 110 Å². The first-order valence-electron chi connectivity index (χ1n) is 5.80. The van der Waals surface area contributed by atoms with Gasteiger partial charge in [-0.05, 0) is 37.0 Å². The highest BCUT2D eigenvalue weighted by Gasteiger charge is 2.27. The van der Waals surface area contributed by atoms with E-state index in [9.17, 15) is 4.79 Å². The van der Waals surface area contributed by atoms with Crippen LogP contribution >= 0.6 is 15.9 Å². The number of hydrogen-bond acceptors (Lipinski definition) is 3. The minimum absolute atomic E-state index is 0.160. The van der Waals surface area contributed by atoms with E-state index in [1.807, 2.05) is 12.1 Å². The van der Waals surface area contributed by atoms with Gasteiger partial charge in [-0.15, -0.1) is 0 Å². The molecule has 3 nitrogen and oxygen atoms in total. The molecule has 0 saturated carbocycles. The summed E-state index contributed by atoms with van der Waals surface area (Å²) in [6, 6.07) is 8.31. The lowest BCUT2D eigenvalue weighted by Crippen LogP contribution is -2.43. The van der Waals surface area contributed by atoms with Gasteiger partial charge >= 0.3 is 5.97 Å². The fourth-order valence-corrected chi connectivity index (χ4v) is 2.49. The van der Waals surface area contributed by atoms with Gasteiger partial charge in [0.2, 0.25) is 0 Å². The zero-order valence-corrected chi connectivity index (χ0v) is 11.4. The molecule has 4 heteroatoms. The predicted octanol–water partition coefficient (Wildman–Crippen LogP) is 2.81. The molecule has 2 atom stereocenters. The number of methoxy groups -OCH3 is 1. The van der Waals surface area contributed by atoms with Crippen molar-refractivity contribution in [2.75, 3.05) is 7.11 Å². The van der Waals surface area contributed by atoms with Crippen molar-refractivity contribution < 1.29 is 9.53 Å². The molecule has 1 fully saturated rings. The van der Waals surface area contributed by atoms with Crippen molar-refractivity contribution in [2.24, 2.45) is 0 Å². The summed E-state index contributed by atoms with van der Waals surface area (Å²) in [7, 11) is 1.44. The summed E-state index contributed by atoms with van der Waals surface area (Å²) in [6.45, 7) is 0. The molecule has 1 aliphatic rings. The number of nitrogens with one attached hydrogen (secondary N) is 1. The van der Waals surface area contributed by atoms with Crippen LogP contribution < -0.4 is 5.32 Å². The number of esters is 1. The highest BCUT2D eigenvalue weighted by Crippen LogP contribution is 2.26. The van der Waals surface area contributed by atoms with E-state index < -0.39 is 0 Å². The summed E-state index contributed by atoms with van der Waals surface area (Å²) < 4.78 is 5.85. The topological polar surface area (TPSA) is 38.3 Å². The Bertz CT molecular complexity index is 391. The Kier molecular flexibility index (Phi) is 4.18. The summed E-state index contributed by atoms with van der Waals surface area (Å²) in [5.74, 6) is -0.160. The van der Waals surface area contributed by atoms with Gasteiger partial charge in [-0.3, -0.25) is 10.1 Å². The van der Waals surface area contributed by atoms with Crippen LogP contribution in [0, 0.1) is 0 Å². The molecule has 92 valence electrons. The minimum Gasteiger partial charge on any atom is -0.468 e. The van der Waals surface area contributed by atoms with E-state index in [2.05, 4.69) is 33.4 Å². The molecule has 1 heterocycles. The van der Waals surface area contributed by atoms with Crippen molar-refractivity contribution in [3.05, 3.63) is 34.3 Å². The second-order valence-electron chi connectivity index (χ2n) is 4.28. The molecular formula is C13H16BrNO2. The fraction of sp³-hybridized carbons (Fsp3) is 0.462. The largest absolute Gasteiger partial charge is 0.468 e. The maximum atomic E-state index is 11.5. The van der Waals surface area contributed by atoms with Crippen LogP contribution in [0.3, 0.4) is 0 Å². The van der Waals surface area contributed by atoms with E-state index >= 15 is 0 Å². The molecule has 1 N–H and O–H groups in total. The van der Waals surface area contributed by atoms with Crippen LogP contribution in [0.1, 0.15) is 30.9 Å². The van der Waals surface area contributed by atoms with Crippen molar-refractivity contribution in [3.63, 3.8) is 0 Å². The highest BCUT2D eigenvalue weighted by atomic mass is 79.9. The Balaban J connectivity index is 2.06. The molecule has 1 aromatic rings. The van der Waals surface area contributed by atoms with Crippen LogP contribution in [0.15, 0.2) is 28.7 Å². The van der Waals surface area contributed by atoms with Gasteiger partial charge in [-0.2, -0.15) is 0 Å². The van der Waals surface area contributed by atoms with E-state index in [0.717, 1.165) is 23.7 Å². The maximum absolute atomic E-state index is 11.5. The molecule has 1 aliphatic heterocycles. The standard InChI is InChI=1S/C13H16BrNO2/c1-17-13(16)12-4-2-3-11(15-12)9-5-7-10(14)8-6-9/h5-8,11-12,15H,2-4H2,1H3. The molecular weight excluding hydrogens is 282 g/mol. The van der Waals surface area contributed by atoms with Gasteiger partial charge in [0.05, 0.1) is 7.11 Å². The zero-order valence-electron chi connectivity index (χ0n) is 9.78. The van der Waals surface area contributed by atoms with Gasteiger partial charge in [0, 0.05) is 10.5 Å². The second kappa shape index (κ2) is 5.65. The average Bonchev–Trinajstić information content (AvgIpc) is 2.39. The molecule has 1 saturated heterocycles. The number of benzene rings is 1. The molecule has 2 rings (SSSR count). The number of ether oxygens (including phenoxy) is 1. The molecule has 0 amide bonds. The molecule has 0 bridgehead atoms. The van der Waals surface area contributed by atoms with E-state index in [1.54, 1.807) is 0 Å². The van der Waals surface area contributed by atoms with Crippen molar-refractivity contribution in [1.29, 1.82) is 0 Å². The summed E-state index contributed by atoms with van der Waals surface area (Å²) in [5, 5.41) is 3.35. The third-order valence-corrected chi connectivity index (χ3v) is 3.67. The van der Waals surface area contributed by atoms with Gasteiger partial charge < -0.3 is 4.74 Å². The van der Waals surface area contributed by atoms with Gasteiger partial charge in [-0.25, -0.2) is 0 Å². The lowest BCUT2D eigenvalue weighted by atomic mass is 9.93. The van der Waals surface area contributed by atoms with E-state index in [1.165, 1.54) is 12.7 Å². The summed E-state index contributed by atoms with van der Waals surface area (Å²) >= 11 is 3.42. The molecule has 2 unspecified atom stereocenters. The molecule has 0 radical (unpaired) electrons. The summed E-state index contributed by atoms with van der Waals surface area (Å²) in [6.07, 6.45) is 2.97. The smallest absolute Gasteiger partial charge is 0.322 e. The van der Waals surface area contributed by atoms with Crippen molar-refractivity contribution in [1.82, 2.24) is 5.32 Å². The maximum Gasteiger partial charge on any atom is 0.322 e. The Hall–Kier alpha value is -0.870. The summed E-state index contributed by atoms with van der Waals surface area (Å²) in [5.41, 5.74) is 1.22. The van der Waals surface area contributed by atoms with Crippen molar-refractivity contribution in [2.45, 2.75) is 31.3 Å². The number of carbonyl (C=O) groups is 1.